The number of sulfonamides is 1. The van der Waals surface area contributed by atoms with E-state index in [1.807, 2.05) is 30.3 Å². The van der Waals surface area contributed by atoms with Gasteiger partial charge in [-0.1, -0.05) is 30.3 Å². The summed E-state index contributed by atoms with van der Waals surface area (Å²) in [4.78, 5) is 14.0. The molecule has 0 saturated heterocycles. The molecule has 6 nitrogen and oxygen atoms in total. The Morgan fingerprint density at radius 3 is 2.35 bits per heavy atom. The standard InChI is InChI=1S/C23H23FN2O4S/c1-17-14-21(31(28,29)25-20-10-8-19(24)9-11-20)12-13-22(17)30-16-23(27)26(2)15-18-6-4-3-5-7-18/h3-14,25H,15-16H2,1-2H3. The smallest absolute Gasteiger partial charge is 0.261 e. The van der Waals surface area contributed by atoms with Crippen molar-refractivity contribution in [1.82, 2.24) is 4.90 Å². The minimum atomic E-state index is -3.85. The van der Waals surface area contributed by atoms with Gasteiger partial charge in [-0.05, 0) is 60.5 Å². The number of likely N-dealkylation sites (N-methyl/N-ethyl adjacent to an activating group) is 1. The minimum Gasteiger partial charge on any atom is -0.483 e. The van der Waals surface area contributed by atoms with Gasteiger partial charge >= 0.3 is 0 Å². The minimum absolute atomic E-state index is 0.0363. The molecule has 0 saturated carbocycles. The maximum atomic E-state index is 13.0. The zero-order valence-corrected chi connectivity index (χ0v) is 18.0. The van der Waals surface area contributed by atoms with Gasteiger partial charge in [-0.25, -0.2) is 12.8 Å². The molecule has 0 aliphatic carbocycles. The van der Waals surface area contributed by atoms with Crippen LogP contribution in [0.5, 0.6) is 5.75 Å². The van der Waals surface area contributed by atoms with Crippen molar-refractivity contribution in [2.24, 2.45) is 0 Å². The number of hydrogen-bond donors (Lipinski definition) is 1. The Kier molecular flexibility index (Phi) is 6.91. The van der Waals surface area contributed by atoms with Crippen LogP contribution in [0.3, 0.4) is 0 Å². The molecule has 1 N–H and O–H groups in total. The van der Waals surface area contributed by atoms with Crippen LogP contribution in [-0.4, -0.2) is 32.9 Å². The number of rotatable bonds is 8. The van der Waals surface area contributed by atoms with E-state index in [1.165, 1.54) is 42.5 Å². The predicted molar refractivity (Wildman–Crippen MR) is 117 cm³/mol. The molecule has 8 heteroatoms. The van der Waals surface area contributed by atoms with E-state index in [2.05, 4.69) is 4.72 Å². The second-order valence-electron chi connectivity index (χ2n) is 7.06. The van der Waals surface area contributed by atoms with E-state index in [0.717, 1.165) is 5.56 Å². The van der Waals surface area contributed by atoms with Crippen molar-refractivity contribution >= 4 is 21.6 Å². The molecule has 0 unspecified atom stereocenters. The summed E-state index contributed by atoms with van der Waals surface area (Å²) in [6.07, 6.45) is 0. The Labute approximate surface area is 181 Å². The Bertz CT molecular complexity index is 1150. The topological polar surface area (TPSA) is 75.7 Å². The van der Waals surface area contributed by atoms with Crippen LogP contribution >= 0.6 is 0 Å². The van der Waals surface area contributed by atoms with Crippen LogP contribution in [0.15, 0.2) is 77.7 Å². The fourth-order valence-electron chi connectivity index (χ4n) is 2.88. The van der Waals surface area contributed by atoms with Gasteiger partial charge in [-0.3, -0.25) is 9.52 Å². The van der Waals surface area contributed by atoms with Gasteiger partial charge in [-0.2, -0.15) is 0 Å². The number of carbonyl (C=O) groups is 1. The number of benzene rings is 3. The van der Waals surface area contributed by atoms with Gasteiger partial charge in [0.25, 0.3) is 15.9 Å². The molecule has 1 amide bonds. The van der Waals surface area contributed by atoms with Crippen LogP contribution in [0.2, 0.25) is 0 Å². The molecule has 31 heavy (non-hydrogen) atoms. The molecule has 3 rings (SSSR count). The first-order valence-corrected chi connectivity index (χ1v) is 11.0. The van der Waals surface area contributed by atoms with Crippen LogP contribution in [0, 0.1) is 12.7 Å². The van der Waals surface area contributed by atoms with E-state index in [0.29, 0.717) is 17.9 Å². The molecule has 0 atom stereocenters. The lowest BCUT2D eigenvalue weighted by atomic mass is 10.2. The van der Waals surface area contributed by atoms with E-state index in [-0.39, 0.29) is 23.1 Å². The number of anilines is 1. The molecule has 0 aliphatic heterocycles. The number of hydrogen-bond acceptors (Lipinski definition) is 4. The maximum absolute atomic E-state index is 13.0. The van der Waals surface area contributed by atoms with E-state index >= 15 is 0 Å². The van der Waals surface area contributed by atoms with Gasteiger partial charge < -0.3 is 9.64 Å². The van der Waals surface area contributed by atoms with Crippen LogP contribution in [0.4, 0.5) is 10.1 Å². The summed E-state index contributed by atoms with van der Waals surface area (Å²) in [6, 6.07) is 19.0. The first kappa shape index (κ1) is 22.3. The van der Waals surface area contributed by atoms with Crippen molar-refractivity contribution in [3.8, 4) is 5.75 Å². The second-order valence-corrected chi connectivity index (χ2v) is 8.75. The summed E-state index contributed by atoms with van der Waals surface area (Å²) in [7, 11) is -2.15. The van der Waals surface area contributed by atoms with Crippen molar-refractivity contribution in [1.29, 1.82) is 0 Å². The molecule has 0 aromatic heterocycles. The van der Waals surface area contributed by atoms with Crippen molar-refractivity contribution in [2.75, 3.05) is 18.4 Å². The van der Waals surface area contributed by atoms with Gasteiger partial charge in [0.2, 0.25) is 0 Å². The van der Waals surface area contributed by atoms with E-state index in [9.17, 15) is 17.6 Å². The highest BCUT2D eigenvalue weighted by Gasteiger charge is 2.17. The molecular formula is C23H23FN2O4S. The van der Waals surface area contributed by atoms with Gasteiger partial charge in [0, 0.05) is 19.3 Å². The monoisotopic (exact) mass is 442 g/mol. The zero-order chi connectivity index (χ0) is 22.4. The van der Waals surface area contributed by atoms with E-state index in [1.54, 1.807) is 18.9 Å². The third-order valence-corrected chi connectivity index (χ3v) is 5.97. The summed E-state index contributed by atoms with van der Waals surface area (Å²) in [6.45, 7) is 2.00. The van der Waals surface area contributed by atoms with Crippen molar-refractivity contribution in [3.63, 3.8) is 0 Å². The molecule has 0 fully saturated rings. The van der Waals surface area contributed by atoms with Gasteiger partial charge in [-0.15, -0.1) is 0 Å². The molecule has 0 bridgehead atoms. The van der Waals surface area contributed by atoms with E-state index in [4.69, 9.17) is 4.74 Å². The SMILES string of the molecule is Cc1cc(S(=O)(=O)Nc2ccc(F)cc2)ccc1OCC(=O)N(C)Cc1ccccc1. The highest BCUT2D eigenvalue weighted by Crippen LogP contribution is 2.24. The Hall–Kier alpha value is -3.39. The van der Waals surface area contributed by atoms with Crippen LogP contribution in [-0.2, 0) is 21.4 Å². The molecule has 0 radical (unpaired) electrons. The summed E-state index contributed by atoms with van der Waals surface area (Å²) >= 11 is 0. The normalized spacial score (nSPS) is 11.1. The van der Waals surface area contributed by atoms with Crippen LogP contribution in [0.1, 0.15) is 11.1 Å². The fraction of sp³-hybridized carbons (Fsp3) is 0.174. The van der Waals surface area contributed by atoms with E-state index < -0.39 is 15.8 Å². The van der Waals surface area contributed by atoms with Gasteiger partial charge in [0.1, 0.15) is 11.6 Å². The average molecular weight is 443 g/mol. The Morgan fingerprint density at radius 1 is 1.03 bits per heavy atom. The first-order valence-electron chi connectivity index (χ1n) is 9.54. The highest BCUT2D eigenvalue weighted by molar-refractivity contribution is 7.92. The zero-order valence-electron chi connectivity index (χ0n) is 17.2. The van der Waals surface area contributed by atoms with Crippen LogP contribution in [0.25, 0.3) is 0 Å². The summed E-state index contributed by atoms with van der Waals surface area (Å²) in [5.74, 6) is -0.232. The number of nitrogens with one attached hydrogen (secondary N) is 1. The molecule has 0 spiro atoms. The first-order chi connectivity index (χ1) is 14.7. The van der Waals surface area contributed by atoms with Crippen molar-refractivity contribution in [3.05, 3.63) is 89.7 Å². The lowest BCUT2D eigenvalue weighted by molar-refractivity contribution is -0.132. The maximum Gasteiger partial charge on any atom is 0.261 e. The quantitative estimate of drug-likeness (QED) is 0.573. The summed E-state index contributed by atoms with van der Waals surface area (Å²) in [5.41, 5.74) is 1.84. The largest absolute Gasteiger partial charge is 0.483 e. The molecule has 162 valence electrons. The number of nitrogens with zero attached hydrogens (tertiary/aromatic N) is 1. The van der Waals surface area contributed by atoms with Gasteiger partial charge in [0.15, 0.2) is 6.61 Å². The lowest BCUT2D eigenvalue weighted by Gasteiger charge is -2.18. The van der Waals surface area contributed by atoms with Gasteiger partial charge in [0.05, 0.1) is 4.90 Å². The summed E-state index contributed by atoms with van der Waals surface area (Å²) in [5, 5.41) is 0. The number of ether oxygens (including phenoxy) is 1. The molecule has 0 heterocycles. The number of halogens is 1. The predicted octanol–water partition coefficient (Wildman–Crippen LogP) is 3.97. The molecule has 3 aromatic rings. The lowest BCUT2D eigenvalue weighted by Crippen LogP contribution is -2.31. The highest BCUT2D eigenvalue weighted by atomic mass is 32.2. The molecule has 3 aromatic carbocycles. The van der Waals surface area contributed by atoms with Crippen LogP contribution < -0.4 is 9.46 Å². The Morgan fingerprint density at radius 2 is 1.71 bits per heavy atom. The second kappa shape index (κ2) is 9.61. The number of amides is 1. The van der Waals surface area contributed by atoms with Crippen molar-refractivity contribution < 1.29 is 22.3 Å². The number of carbonyl (C=O) groups excluding carboxylic acids is 1. The van der Waals surface area contributed by atoms with Crippen molar-refractivity contribution in [2.45, 2.75) is 18.4 Å². The average Bonchev–Trinajstić information content (AvgIpc) is 2.74. The molecule has 0 aliphatic rings. The number of aryl methyl sites for hydroxylation is 1. The molecular weight excluding hydrogens is 419 g/mol. The Balaban J connectivity index is 1.62. The fourth-order valence-corrected chi connectivity index (χ4v) is 4.02. The summed E-state index contributed by atoms with van der Waals surface area (Å²) < 4.78 is 46.2. The third kappa shape index (κ3) is 6.05. The third-order valence-electron chi connectivity index (χ3n) is 4.59.